The van der Waals surface area contributed by atoms with Crippen LogP contribution in [0.25, 0.3) is 32.9 Å². The number of unbranched alkanes of at least 4 members (excludes halogenated alkanes) is 1. The molecule has 26 heavy (non-hydrogen) atoms. The maximum atomic E-state index is 6.48. The van der Waals surface area contributed by atoms with Crippen molar-refractivity contribution in [3.8, 4) is 11.3 Å². The van der Waals surface area contributed by atoms with Gasteiger partial charge in [0.15, 0.2) is 0 Å². The van der Waals surface area contributed by atoms with Crippen LogP contribution in [0.3, 0.4) is 0 Å². The number of benzene rings is 3. The van der Waals surface area contributed by atoms with E-state index in [0.717, 1.165) is 35.9 Å². The number of aromatic nitrogens is 1. The van der Waals surface area contributed by atoms with Crippen LogP contribution in [0.5, 0.6) is 0 Å². The van der Waals surface area contributed by atoms with Crippen LogP contribution < -0.4 is 5.73 Å². The number of halogens is 2. The third kappa shape index (κ3) is 3.09. The molecule has 2 nitrogen and oxygen atoms in total. The number of nitrogens with one attached hydrogen (secondary N) is 1. The first-order valence-electron chi connectivity index (χ1n) is 8.87. The first-order valence-corrected chi connectivity index (χ1v) is 9.62. The molecule has 0 aliphatic carbocycles. The van der Waals surface area contributed by atoms with Gasteiger partial charge in [-0.2, -0.15) is 0 Å². The summed E-state index contributed by atoms with van der Waals surface area (Å²) in [7, 11) is 0. The Bertz CT molecular complexity index is 1080. The van der Waals surface area contributed by atoms with E-state index in [1.165, 1.54) is 21.9 Å². The molecule has 4 rings (SSSR count). The van der Waals surface area contributed by atoms with Gasteiger partial charge in [0.2, 0.25) is 0 Å². The molecule has 0 saturated heterocycles. The molecule has 0 spiro atoms. The molecule has 0 saturated carbocycles. The van der Waals surface area contributed by atoms with Gasteiger partial charge in [-0.1, -0.05) is 65.7 Å². The summed E-state index contributed by atoms with van der Waals surface area (Å²) in [6, 6.07) is 18.6. The van der Waals surface area contributed by atoms with Gasteiger partial charge >= 0.3 is 0 Å². The summed E-state index contributed by atoms with van der Waals surface area (Å²) < 4.78 is 0. The Balaban J connectivity index is 1.98. The van der Waals surface area contributed by atoms with Crippen molar-refractivity contribution < 1.29 is 0 Å². The molecule has 3 aromatic carbocycles. The lowest BCUT2D eigenvalue weighted by Crippen LogP contribution is -1.99. The van der Waals surface area contributed by atoms with Gasteiger partial charge in [0.25, 0.3) is 0 Å². The molecule has 1 aromatic heterocycles. The summed E-state index contributed by atoms with van der Waals surface area (Å²) in [4.78, 5) is 3.57. The Hall–Kier alpha value is -2.00. The predicted molar refractivity (Wildman–Crippen MR) is 113 cm³/mol. The van der Waals surface area contributed by atoms with Crippen molar-refractivity contribution in [2.75, 3.05) is 6.54 Å². The van der Waals surface area contributed by atoms with Gasteiger partial charge < -0.3 is 10.7 Å². The van der Waals surface area contributed by atoms with Crippen LogP contribution in [0.2, 0.25) is 10.0 Å². The smallest absolute Gasteiger partial charge is 0.0662 e. The molecule has 3 N–H and O–H groups in total. The van der Waals surface area contributed by atoms with E-state index in [1.54, 1.807) is 6.07 Å². The fraction of sp³-hybridized carbons (Fsp3) is 0.182. The van der Waals surface area contributed by atoms with Crippen LogP contribution >= 0.6 is 23.2 Å². The second-order valence-corrected chi connectivity index (χ2v) is 7.40. The van der Waals surface area contributed by atoms with Gasteiger partial charge in [0.1, 0.15) is 0 Å². The number of aromatic amines is 1. The minimum absolute atomic E-state index is 0.652. The fourth-order valence-electron chi connectivity index (χ4n) is 3.65. The van der Waals surface area contributed by atoms with Crippen molar-refractivity contribution in [3.05, 3.63) is 70.2 Å². The highest BCUT2D eigenvalue weighted by Gasteiger charge is 2.17. The molecular formula is C22H20Cl2N2. The normalized spacial score (nSPS) is 11.5. The van der Waals surface area contributed by atoms with Gasteiger partial charge in [0.05, 0.1) is 16.2 Å². The number of rotatable bonds is 5. The van der Waals surface area contributed by atoms with E-state index in [4.69, 9.17) is 28.9 Å². The number of H-pyrrole nitrogens is 1. The van der Waals surface area contributed by atoms with Crippen LogP contribution in [0.1, 0.15) is 18.4 Å². The zero-order valence-corrected chi connectivity index (χ0v) is 15.9. The van der Waals surface area contributed by atoms with E-state index in [2.05, 4.69) is 47.4 Å². The Kier molecular flexibility index (Phi) is 4.90. The summed E-state index contributed by atoms with van der Waals surface area (Å²) in [5.74, 6) is 0. The van der Waals surface area contributed by atoms with Crippen LogP contribution in [0.4, 0.5) is 0 Å². The number of fused-ring (bicyclic) bond motifs is 2. The highest BCUT2D eigenvalue weighted by atomic mass is 35.5. The molecule has 0 atom stereocenters. The molecule has 4 heteroatoms. The quantitative estimate of drug-likeness (QED) is 0.376. The molecule has 0 bridgehead atoms. The topological polar surface area (TPSA) is 41.8 Å². The zero-order chi connectivity index (χ0) is 18.1. The maximum Gasteiger partial charge on any atom is 0.0662 e. The minimum Gasteiger partial charge on any atom is -0.353 e. The summed E-state index contributed by atoms with van der Waals surface area (Å²) in [6.07, 6.45) is 2.97. The Morgan fingerprint density at radius 3 is 2.54 bits per heavy atom. The zero-order valence-electron chi connectivity index (χ0n) is 14.4. The molecule has 0 fully saturated rings. The molecule has 0 aliphatic rings. The van der Waals surface area contributed by atoms with Crippen molar-refractivity contribution in [2.45, 2.75) is 19.3 Å². The van der Waals surface area contributed by atoms with E-state index in [0.29, 0.717) is 16.6 Å². The molecule has 0 radical (unpaired) electrons. The highest BCUT2D eigenvalue weighted by molar-refractivity contribution is 6.38. The van der Waals surface area contributed by atoms with Gasteiger partial charge in [-0.05, 0) is 54.3 Å². The SMILES string of the molecule is NCCCCc1c(-c2cccc3ccccc23)[nH]c2c(Cl)cc(Cl)cc12. The molecule has 0 unspecified atom stereocenters. The van der Waals surface area contributed by atoms with Crippen molar-refractivity contribution >= 4 is 44.9 Å². The molecule has 1 heterocycles. The van der Waals surface area contributed by atoms with Gasteiger partial charge in [-0.25, -0.2) is 0 Å². The highest BCUT2D eigenvalue weighted by Crippen LogP contribution is 2.39. The monoisotopic (exact) mass is 382 g/mol. The van der Waals surface area contributed by atoms with Crippen LogP contribution in [-0.2, 0) is 6.42 Å². The van der Waals surface area contributed by atoms with Crippen LogP contribution in [-0.4, -0.2) is 11.5 Å². The summed E-state index contributed by atoms with van der Waals surface area (Å²) in [5, 5.41) is 4.86. The van der Waals surface area contributed by atoms with E-state index in [9.17, 15) is 0 Å². The van der Waals surface area contributed by atoms with E-state index >= 15 is 0 Å². The average Bonchev–Trinajstić information content (AvgIpc) is 3.00. The Morgan fingerprint density at radius 1 is 0.885 bits per heavy atom. The molecular weight excluding hydrogens is 363 g/mol. The first-order chi connectivity index (χ1) is 12.7. The second-order valence-electron chi connectivity index (χ2n) is 6.56. The lowest BCUT2D eigenvalue weighted by atomic mass is 9.96. The lowest BCUT2D eigenvalue weighted by Gasteiger charge is -2.09. The second kappa shape index (κ2) is 7.32. The largest absolute Gasteiger partial charge is 0.353 e. The predicted octanol–water partition coefficient (Wildman–Crippen LogP) is 6.58. The van der Waals surface area contributed by atoms with Crippen LogP contribution in [0, 0.1) is 0 Å². The van der Waals surface area contributed by atoms with Crippen molar-refractivity contribution in [1.82, 2.24) is 4.98 Å². The van der Waals surface area contributed by atoms with Gasteiger partial charge in [-0.15, -0.1) is 0 Å². The van der Waals surface area contributed by atoms with Gasteiger partial charge in [0, 0.05) is 16.0 Å². The Morgan fingerprint density at radius 2 is 1.69 bits per heavy atom. The molecule has 0 amide bonds. The molecule has 132 valence electrons. The third-order valence-electron chi connectivity index (χ3n) is 4.87. The summed E-state index contributed by atoms with van der Waals surface area (Å²) in [6.45, 7) is 0.702. The number of hydrogen-bond acceptors (Lipinski definition) is 1. The van der Waals surface area contributed by atoms with E-state index < -0.39 is 0 Å². The lowest BCUT2D eigenvalue weighted by molar-refractivity contribution is 0.748. The van der Waals surface area contributed by atoms with Crippen LogP contribution in [0.15, 0.2) is 54.6 Å². The standard InChI is InChI=1S/C22H20Cl2N2/c23-15-12-19-18(9-3-4-11-25)21(26-22(19)20(24)13-15)17-10-5-7-14-6-1-2-8-16(14)17/h1-2,5-8,10,12-13,26H,3-4,9,11,25H2. The fourth-order valence-corrected chi connectivity index (χ4v) is 4.19. The van der Waals surface area contributed by atoms with E-state index in [-0.39, 0.29) is 0 Å². The number of nitrogens with two attached hydrogens (primary N) is 1. The molecule has 0 aliphatic heterocycles. The maximum absolute atomic E-state index is 6.48. The van der Waals surface area contributed by atoms with E-state index in [1.807, 2.05) is 6.07 Å². The number of hydrogen-bond donors (Lipinski definition) is 2. The average molecular weight is 383 g/mol. The van der Waals surface area contributed by atoms with Gasteiger partial charge in [-0.3, -0.25) is 0 Å². The summed E-state index contributed by atoms with van der Waals surface area (Å²) >= 11 is 12.8. The summed E-state index contributed by atoms with van der Waals surface area (Å²) in [5.41, 5.74) is 10.2. The Labute approximate surface area is 162 Å². The minimum atomic E-state index is 0.652. The third-order valence-corrected chi connectivity index (χ3v) is 5.39. The number of aryl methyl sites for hydroxylation is 1. The van der Waals surface area contributed by atoms with Crippen molar-refractivity contribution in [1.29, 1.82) is 0 Å². The molecule has 4 aromatic rings. The van der Waals surface area contributed by atoms with Crippen molar-refractivity contribution in [2.24, 2.45) is 5.73 Å². The van der Waals surface area contributed by atoms with Crippen molar-refractivity contribution in [3.63, 3.8) is 0 Å². The first kappa shape index (κ1) is 17.4.